The molecule has 0 radical (unpaired) electrons. The zero-order valence-corrected chi connectivity index (χ0v) is 11.5. The van der Waals surface area contributed by atoms with E-state index in [-0.39, 0.29) is 28.2 Å². The Balaban J connectivity index is 2.15. The Kier molecular flexibility index (Phi) is 3.23. The second-order valence-electron chi connectivity index (χ2n) is 5.68. The molecule has 1 atom stereocenters. The minimum absolute atomic E-state index is 0.00546. The number of likely N-dealkylation sites (tertiary alicyclic amines) is 1. The van der Waals surface area contributed by atoms with E-state index in [0.717, 1.165) is 0 Å². The maximum atomic E-state index is 12.1. The molecule has 1 aliphatic rings. The molecule has 0 N–H and O–H groups in total. The largest absolute Gasteiger partial charge is 0.440 e. The van der Waals surface area contributed by atoms with Gasteiger partial charge in [0.25, 0.3) is 5.91 Å². The first-order valence-electron chi connectivity index (χ1n) is 5.89. The minimum Gasteiger partial charge on any atom is -0.440 e. The molecule has 0 bridgehead atoms. The normalized spacial score (nSPS) is 20.6. The van der Waals surface area contributed by atoms with E-state index in [2.05, 4.69) is 20.8 Å². The molecule has 18 heavy (non-hydrogen) atoms. The van der Waals surface area contributed by atoms with Crippen molar-refractivity contribution in [2.24, 2.45) is 11.3 Å². The van der Waals surface area contributed by atoms with Crippen LogP contribution in [-0.2, 0) is 4.79 Å². The molecule has 1 saturated heterocycles. The van der Waals surface area contributed by atoms with Crippen molar-refractivity contribution in [3.8, 4) is 0 Å². The average Bonchev–Trinajstić information content (AvgIpc) is 2.83. The molecule has 1 unspecified atom stereocenters. The van der Waals surface area contributed by atoms with Crippen LogP contribution < -0.4 is 0 Å². The van der Waals surface area contributed by atoms with Crippen LogP contribution in [0.15, 0.2) is 16.5 Å². The lowest BCUT2D eigenvalue weighted by Gasteiger charge is -2.25. The van der Waals surface area contributed by atoms with Crippen LogP contribution >= 0.6 is 11.6 Å². The predicted octanol–water partition coefficient (Wildman–Crippen LogP) is 2.97. The topological polar surface area (TPSA) is 50.5 Å². The van der Waals surface area contributed by atoms with Crippen LogP contribution in [0.1, 0.15) is 37.7 Å². The quantitative estimate of drug-likeness (QED) is 0.737. The first-order valence-corrected chi connectivity index (χ1v) is 6.27. The summed E-state index contributed by atoms with van der Waals surface area (Å²) >= 11 is 5.63. The van der Waals surface area contributed by atoms with Crippen LogP contribution in [0.25, 0.3) is 0 Å². The van der Waals surface area contributed by atoms with Gasteiger partial charge in [0.05, 0.1) is 0 Å². The number of hydrogen-bond donors (Lipinski definition) is 0. The summed E-state index contributed by atoms with van der Waals surface area (Å²) in [5, 5.41) is 0.150. The van der Waals surface area contributed by atoms with Crippen molar-refractivity contribution >= 4 is 23.4 Å². The number of furan rings is 1. The Labute approximate surface area is 111 Å². The molecule has 4 nitrogen and oxygen atoms in total. The molecule has 1 fully saturated rings. The summed E-state index contributed by atoms with van der Waals surface area (Å²) in [4.78, 5) is 25.2. The highest BCUT2D eigenvalue weighted by Gasteiger charge is 2.40. The van der Waals surface area contributed by atoms with Crippen molar-refractivity contribution in [1.82, 2.24) is 4.90 Å². The lowest BCUT2D eigenvalue weighted by molar-refractivity contribution is -0.125. The van der Waals surface area contributed by atoms with Crippen molar-refractivity contribution in [2.75, 3.05) is 6.54 Å². The zero-order valence-electron chi connectivity index (χ0n) is 10.7. The van der Waals surface area contributed by atoms with Gasteiger partial charge in [-0.1, -0.05) is 20.8 Å². The van der Waals surface area contributed by atoms with Gasteiger partial charge in [-0.2, -0.15) is 0 Å². The van der Waals surface area contributed by atoms with Gasteiger partial charge in [-0.25, -0.2) is 0 Å². The van der Waals surface area contributed by atoms with E-state index in [1.54, 1.807) is 0 Å². The van der Waals surface area contributed by atoms with E-state index >= 15 is 0 Å². The summed E-state index contributed by atoms with van der Waals surface area (Å²) in [6.45, 7) is 6.66. The fourth-order valence-electron chi connectivity index (χ4n) is 2.05. The maximum Gasteiger partial charge on any atom is 0.296 e. The molecular formula is C13H16ClNO3. The van der Waals surface area contributed by atoms with Crippen LogP contribution in [0.4, 0.5) is 0 Å². The second-order valence-corrected chi connectivity index (χ2v) is 6.05. The fourth-order valence-corrected chi connectivity index (χ4v) is 2.19. The highest BCUT2D eigenvalue weighted by molar-refractivity contribution is 6.29. The van der Waals surface area contributed by atoms with Crippen LogP contribution in [0.5, 0.6) is 0 Å². The Bertz CT molecular complexity index is 487. The highest BCUT2D eigenvalue weighted by atomic mass is 35.5. The number of carbonyl (C=O) groups excluding carboxylic acids is 2. The van der Waals surface area contributed by atoms with E-state index in [1.807, 2.05) is 0 Å². The van der Waals surface area contributed by atoms with Crippen molar-refractivity contribution in [3.05, 3.63) is 23.1 Å². The molecular weight excluding hydrogens is 254 g/mol. The summed E-state index contributed by atoms with van der Waals surface area (Å²) in [6.07, 6.45) is 0.406. The van der Waals surface area contributed by atoms with Gasteiger partial charge in [-0.15, -0.1) is 0 Å². The predicted molar refractivity (Wildman–Crippen MR) is 67.3 cm³/mol. The van der Waals surface area contributed by atoms with Crippen molar-refractivity contribution in [1.29, 1.82) is 0 Å². The van der Waals surface area contributed by atoms with Gasteiger partial charge in [0.2, 0.25) is 5.91 Å². The smallest absolute Gasteiger partial charge is 0.296 e. The average molecular weight is 270 g/mol. The number of amides is 2. The molecule has 0 aromatic carbocycles. The molecule has 2 heterocycles. The Morgan fingerprint density at radius 1 is 1.44 bits per heavy atom. The SMILES string of the molecule is CC(C)(C)C1CC(=O)N(C(=O)c2ccc(Cl)o2)C1. The standard InChI is InChI=1S/C13H16ClNO3/c1-13(2,3)8-6-11(16)15(7-8)12(17)9-4-5-10(14)18-9/h4-5,8H,6-7H2,1-3H3. The summed E-state index contributed by atoms with van der Waals surface area (Å²) in [6, 6.07) is 2.99. The van der Waals surface area contributed by atoms with Crippen LogP contribution in [-0.4, -0.2) is 23.3 Å². The summed E-state index contributed by atoms with van der Waals surface area (Å²) in [5.74, 6) is -0.256. The third-order valence-corrected chi connectivity index (χ3v) is 3.58. The Hall–Kier alpha value is -1.29. The molecule has 2 amide bonds. The third-order valence-electron chi connectivity index (χ3n) is 3.38. The maximum absolute atomic E-state index is 12.1. The van der Waals surface area contributed by atoms with Crippen LogP contribution in [0.2, 0.25) is 5.22 Å². The first kappa shape index (κ1) is 13.1. The van der Waals surface area contributed by atoms with Crippen molar-refractivity contribution in [3.63, 3.8) is 0 Å². The molecule has 1 aromatic rings. The van der Waals surface area contributed by atoms with Gasteiger partial charge in [-0.3, -0.25) is 14.5 Å². The zero-order chi connectivity index (χ0) is 13.5. The third kappa shape index (κ3) is 2.43. The highest BCUT2D eigenvalue weighted by Crippen LogP contribution is 2.34. The summed E-state index contributed by atoms with van der Waals surface area (Å²) < 4.78 is 5.05. The van der Waals surface area contributed by atoms with E-state index in [4.69, 9.17) is 16.0 Å². The first-order chi connectivity index (χ1) is 8.29. The van der Waals surface area contributed by atoms with Gasteiger partial charge in [-0.05, 0) is 35.1 Å². The summed E-state index contributed by atoms with van der Waals surface area (Å²) in [5.41, 5.74) is 0.00546. The number of rotatable bonds is 1. The number of hydrogen-bond acceptors (Lipinski definition) is 3. The Morgan fingerprint density at radius 3 is 2.56 bits per heavy atom. The van der Waals surface area contributed by atoms with Crippen molar-refractivity contribution < 1.29 is 14.0 Å². The van der Waals surface area contributed by atoms with Gasteiger partial charge in [0.1, 0.15) is 0 Å². The molecule has 1 aliphatic heterocycles. The number of imide groups is 1. The molecule has 0 saturated carbocycles. The van der Waals surface area contributed by atoms with E-state index in [9.17, 15) is 9.59 Å². The van der Waals surface area contributed by atoms with Crippen LogP contribution in [0.3, 0.4) is 0 Å². The molecule has 98 valence electrons. The molecule has 0 spiro atoms. The molecule has 0 aliphatic carbocycles. The second kappa shape index (κ2) is 4.43. The number of carbonyl (C=O) groups is 2. The minimum atomic E-state index is -0.404. The molecule has 2 rings (SSSR count). The number of nitrogens with zero attached hydrogens (tertiary/aromatic N) is 1. The fraction of sp³-hybridized carbons (Fsp3) is 0.538. The molecule has 5 heteroatoms. The van der Waals surface area contributed by atoms with Gasteiger partial charge in [0.15, 0.2) is 11.0 Å². The van der Waals surface area contributed by atoms with E-state index in [1.165, 1.54) is 17.0 Å². The van der Waals surface area contributed by atoms with E-state index < -0.39 is 5.91 Å². The Morgan fingerprint density at radius 2 is 2.11 bits per heavy atom. The van der Waals surface area contributed by atoms with Gasteiger partial charge >= 0.3 is 0 Å². The monoisotopic (exact) mass is 269 g/mol. The van der Waals surface area contributed by atoms with Crippen LogP contribution in [0, 0.1) is 11.3 Å². The van der Waals surface area contributed by atoms with E-state index in [0.29, 0.717) is 13.0 Å². The number of halogens is 1. The van der Waals surface area contributed by atoms with Gasteiger partial charge < -0.3 is 4.42 Å². The lowest BCUT2D eigenvalue weighted by Crippen LogP contribution is -2.33. The lowest BCUT2D eigenvalue weighted by atomic mass is 9.80. The van der Waals surface area contributed by atoms with Gasteiger partial charge in [0, 0.05) is 13.0 Å². The summed E-state index contributed by atoms with van der Waals surface area (Å²) in [7, 11) is 0. The van der Waals surface area contributed by atoms with Crippen molar-refractivity contribution in [2.45, 2.75) is 27.2 Å². The molecule has 1 aromatic heterocycles.